The van der Waals surface area contributed by atoms with Gasteiger partial charge in [-0.2, -0.15) is 5.26 Å². The standard InChI is InChI=1S/C15H8N2O5S/c16-8-23-12-7-10(15(19)20)6-11(17(21)22)13(12)14(18)9-4-2-1-3-5-9/h1-7H,(H,19,20). The molecule has 0 aliphatic carbocycles. The number of aromatic carboxylic acids is 1. The Balaban J connectivity index is 2.74. The summed E-state index contributed by atoms with van der Waals surface area (Å²) in [7, 11) is 0. The number of carboxylic acids is 1. The van der Waals surface area contributed by atoms with E-state index in [0.717, 1.165) is 12.1 Å². The van der Waals surface area contributed by atoms with Crippen LogP contribution in [-0.2, 0) is 0 Å². The van der Waals surface area contributed by atoms with Crippen LogP contribution < -0.4 is 0 Å². The van der Waals surface area contributed by atoms with Crippen molar-refractivity contribution in [3.8, 4) is 5.40 Å². The van der Waals surface area contributed by atoms with Crippen molar-refractivity contribution >= 4 is 29.2 Å². The summed E-state index contributed by atoms with van der Waals surface area (Å²) in [5.41, 5.74) is -1.09. The first-order valence-electron chi connectivity index (χ1n) is 6.17. The van der Waals surface area contributed by atoms with E-state index in [1.807, 2.05) is 0 Å². The molecule has 0 heterocycles. The first kappa shape index (κ1) is 16.2. The average molecular weight is 328 g/mol. The number of carbonyl (C=O) groups excluding carboxylic acids is 1. The van der Waals surface area contributed by atoms with E-state index in [0.29, 0.717) is 11.8 Å². The molecule has 2 rings (SSSR count). The maximum absolute atomic E-state index is 12.6. The molecule has 0 fully saturated rings. The van der Waals surface area contributed by atoms with Crippen molar-refractivity contribution in [2.75, 3.05) is 0 Å². The van der Waals surface area contributed by atoms with Gasteiger partial charge < -0.3 is 5.11 Å². The van der Waals surface area contributed by atoms with Crippen LogP contribution in [0.25, 0.3) is 0 Å². The van der Waals surface area contributed by atoms with E-state index in [2.05, 4.69) is 0 Å². The van der Waals surface area contributed by atoms with Crippen LogP contribution in [0.3, 0.4) is 0 Å². The molecule has 0 atom stereocenters. The number of nitriles is 1. The lowest BCUT2D eigenvalue weighted by atomic mass is 10.00. The van der Waals surface area contributed by atoms with Crippen LogP contribution in [-0.4, -0.2) is 21.8 Å². The van der Waals surface area contributed by atoms with E-state index in [1.165, 1.54) is 12.1 Å². The number of hydrogen-bond acceptors (Lipinski definition) is 6. The first-order chi connectivity index (χ1) is 11.0. The topological polar surface area (TPSA) is 121 Å². The van der Waals surface area contributed by atoms with Crippen molar-refractivity contribution < 1.29 is 19.6 Å². The Kier molecular flexibility index (Phi) is 4.73. The largest absolute Gasteiger partial charge is 0.478 e. The Labute approximate surface area is 134 Å². The highest BCUT2D eigenvalue weighted by Gasteiger charge is 2.28. The predicted molar refractivity (Wildman–Crippen MR) is 81.4 cm³/mol. The second-order valence-corrected chi connectivity index (χ2v) is 5.15. The van der Waals surface area contributed by atoms with Gasteiger partial charge in [0, 0.05) is 16.5 Å². The van der Waals surface area contributed by atoms with Crippen molar-refractivity contribution in [1.29, 1.82) is 5.26 Å². The van der Waals surface area contributed by atoms with Crippen LogP contribution in [0.1, 0.15) is 26.3 Å². The average Bonchev–Trinajstić information content (AvgIpc) is 2.54. The van der Waals surface area contributed by atoms with Gasteiger partial charge in [-0.3, -0.25) is 14.9 Å². The van der Waals surface area contributed by atoms with E-state index >= 15 is 0 Å². The smallest absolute Gasteiger partial charge is 0.335 e. The fourth-order valence-electron chi connectivity index (χ4n) is 1.96. The molecule has 0 radical (unpaired) electrons. The van der Waals surface area contributed by atoms with E-state index in [-0.39, 0.29) is 21.6 Å². The summed E-state index contributed by atoms with van der Waals surface area (Å²) in [6, 6.07) is 9.75. The van der Waals surface area contributed by atoms with E-state index < -0.39 is 22.4 Å². The Morgan fingerprint density at radius 3 is 2.35 bits per heavy atom. The molecule has 0 aromatic heterocycles. The highest BCUT2D eigenvalue weighted by Crippen LogP contribution is 2.33. The van der Waals surface area contributed by atoms with E-state index in [4.69, 9.17) is 10.4 Å². The molecule has 7 nitrogen and oxygen atoms in total. The fraction of sp³-hybridized carbons (Fsp3) is 0. The highest BCUT2D eigenvalue weighted by atomic mass is 32.2. The zero-order chi connectivity index (χ0) is 17.0. The fourth-order valence-corrected chi connectivity index (χ4v) is 2.54. The Morgan fingerprint density at radius 1 is 1.17 bits per heavy atom. The van der Waals surface area contributed by atoms with Crippen molar-refractivity contribution in [1.82, 2.24) is 0 Å². The number of carboxylic acid groups (broad SMARTS) is 1. The molecule has 0 bridgehead atoms. The molecule has 114 valence electrons. The minimum absolute atomic E-state index is 0.0621. The van der Waals surface area contributed by atoms with Gasteiger partial charge in [-0.15, -0.1) is 0 Å². The van der Waals surface area contributed by atoms with Crippen molar-refractivity contribution in [3.05, 3.63) is 69.3 Å². The molecule has 2 aromatic rings. The normalized spacial score (nSPS) is 9.87. The van der Waals surface area contributed by atoms with Crippen LogP contribution in [0.4, 0.5) is 5.69 Å². The Bertz CT molecular complexity index is 843. The summed E-state index contributed by atoms with van der Waals surface area (Å²) in [4.78, 5) is 34.0. The molecule has 1 N–H and O–H groups in total. The number of thioether (sulfide) groups is 1. The number of carbonyl (C=O) groups is 2. The van der Waals surface area contributed by atoms with Gasteiger partial charge in [-0.05, 0) is 17.8 Å². The maximum Gasteiger partial charge on any atom is 0.335 e. The third-order valence-corrected chi connectivity index (χ3v) is 3.58. The molecular weight excluding hydrogens is 320 g/mol. The van der Waals surface area contributed by atoms with E-state index in [9.17, 15) is 19.7 Å². The Hall–Kier alpha value is -3.18. The van der Waals surface area contributed by atoms with Gasteiger partial charge >= 0.3 is 5.97 Å². The zero-order valence-electron chi connectivity index (χ0n) is 11.4. The summed E-state index contributed by atoms with van der Waals surface area (Å²) in [5, 5.41) is 30.8. The SMILES string of the molecule is N#CSc1cc(C(=O)O)cc([N+](=O)[O-])c1C(=O)c1ccccc1. The number of thiocyanates is 1. The van der Waals surface area contributed by atoms with E-state index in [1.54, 1.807) is 23.6 Å². The third-order valence-electron chi connectivity index (χ3n) is 2.94. The molecule has 0 saturated heterocycles. The number of nitro groups is 1. The molecule has 0 unspecified atom stereocenters. The first-order valence-corrected chi connectivity index (χ1v) is 6.98. The number of benzene rings is 2. The molecule has 0 aliphatic rings. The van der Waals surface area contributed by atoms with Crippen LogP contribution >= 0.6 is 11.8 Å². The van der Waals surface area contributed by atoms with Gasteiger partial charge in [-0.25, -0.2) is 4.79 Å². The number of hydrogen-bond donors (Lipinski definition) is 1. The van der Waals surface area contributed by atoms with Gasteiger partial charge in [0.25, 0.3) is 5.69 Å². The number of nitrogens with zero attached hydrogens (tertiary/aromatic N) is 2. The van der Waals surface area contributed by atoms with Crippen LogP contribution in [0.5, 0.6) is 0 Å². The van der Waals surface area contributed by atoms with Gasteiger partial charge in [0.05, 0.1) is 10.5 Å². The predicted octanol–water partition coefficient (Wildman–Crippen LogP) is 3.10. The van der Waals surface area contributed by atoms with Crippen LogP contribution in [0, 0.1) is 20.8 Å². The van der Waals surface area contributed by atoms with Crippen molar-refractivity contribution in [2.24, 2.45) is 0 Å². The second kappa shape index (κ2) is 6.72. The molecular formula is C15H8N2O5S. The van der Waals surface area contributed by atoms with Crippen LogP contribution in [0.15, 0.2) is 47.4 Å². The lowest BCUT2D eigenvalue weighted by Crippen LogP contribution is -2.09. The van der Waals surface area contributed by atoms with Crippen LogP contribution in [0.2, 0.25) is 0 Å². The minimum Gasteiger partial charge on any atom is -0.478 e. The summed E-state index contributed by atoms with van der Waals surface area (Å²) in [5.74, 6) is -2.03. The minimum atomic E-state index is -1.38. The van der Waals surface area contributed by atoms with Crippen molar-refractivity contribution in [3.63, 3.8) is 0 Å². The summed E-state index contributed by atoms with van der Waals surface area (Å²) >= 11 is 0.505. The maximum atomic E-state index is 12.6. The second-order valence-electron chi connectivity index (χ2n) is 4.32. The number of ketones is 1. The summed E-state index contributed by atoms with van der Waals surface area (Å²) in [6.45, 7) is 0. The lowest BCUT2D eigenvalue weighted by molar-refractivity contribution is -0.385. The third kappa shape index (κ3) is 3.36. The highest BCUT2D eigenvalue weighted by molar-refractivity contribution is 8.03. The molecule has 0 amide bonds. The zero-order valence-corrected chi connectivity index (χ0v) is 12.2. The monoisotopic (exact) mass is 328 g/mol. The molecule has 0 spiro atoms. The quantitative estimate of drug-likeness (QED) is 0.294. The molecule has 23 heavy (non-hydrogen) atoms. The molecule has 0 aliphatic heterocycles. The molecule has 0 saturated carbocycles. The van der Waals surface area contributed by atoms with Gasteiger partial charge in [-0.1, -0.05) is 30.3 Å². The summed E-state index contributed by atoms with van der Waals surface area (Å²) < 4.78 is 0. The van der Waals surface area contributed by atoms with Gasteiger partial charge in [0.2, 0.25) is 5.78 Å². The van der Waals surface area contributed by atoms with Gasteiger partial charge in [0.1, 0.15) is 11.0 Å². The number of rotatable bonds is 5. The lowest BCUT2D eigenvalue weighted by Gasteiger charge is -2.08. The van der Waals surface area contributed by atoms with Gasteiger partial charge in [0.15, 0.2) is 0 Å². The number of nitro benzene ring substituents is 1. The van der Waals surface area contributed by atoms with Crippen molar-refractivity contribution in [2.45, 2.75) is 4.90 Å². The summed E-state index contributed by atoms with van der Waals surface area (Å²) in [6.07, 6.45) is 0. The molecule has 8 heteroatoms. The molecule has 2 aromatic carbocycles. The Morgan fingerprint density at radius 2 is 1.83 bits per heavy atom.